The minimum absolute atomic E-state index is 0.00554. The fraction of sp³-hybridized carbons (Fsp3) is 0.750. The van der Waals surface area contributed by atoms with Crippen LogP contribution in [0.15, 0.2) is 35.9 Å². The zero-order valence-corrected chi connectivity index (χ0v) is 28.9. The second kappa shape index (κ2) is 14.6. The third-order valence-corrected chi connectivity index (χ3v) is 12.6. The van der Waals surface area contributed by atoms with E-state index in [0.29, 0.717) is 16.4 Å². The lowest BCUT2D eigenvalue weighted by Crippen LogP contribution is -2.50. The number of aliphatic hydroxyl groups is 1. The number of hydrogen-bond donors (Lipinski definition) is 5. The van der Waals surface area contributed by atoms with Crippen molar-refractivity contribution in [3.8, 4) is 5.75 Å². The highest BCUT2D eigenvalue weighted by Gasteiger charge is 2.59. The summed E-state index contributed by atoms with van der Waals surface area (Å²) in [5.41, 5.74) is 8.57. The molecule has 0 spiro atoms. The molecule has 3 saturated carbocycles. The predicted molar refractivity (Wildman–Crippen MR) is 177 cm³/mol. The third-order valence-electron chi connectivity index (χ3n) is 12.2. The molecule has 5 rings (SSSR count). The number of carboxylic acid groups (broad SMARTS) is 1. The molecule has 0 saturated heterocycles. The highest BCUT2D eigenvalue weighted by molar-refractivity contribution is 7.46. The van der Waals surface area contributed by atoms with Crippen molar-refractivity contribution in [2.45, 2.75) is 124 Å². The minimum atomic E-state index is -4.56. The van der Waals surface area contributed by atoms with E-state index in [0.717, 1.165) is 48.3 Å². The molecule has 0 aromatic heterocycles. The molecule has 1 aromatic rings. The van der Waals surface area contributed by atoms with Crippen LogP contribution in [0, 0.1) is 46.3 Å². The van der Waals surface area contributed by atoms with Gasteiger partial charge in [0, 0.05) is 0 Å². The Balaban J connectivity index is 0.000000233. The molecule has 0 radical (unpaired) electrons. The Morgan fingerprint density at radius 2 is 1.71 bits per heavy atom. The first kappa shape index (κ1) is 36.1. The summed E-state index contributed by atoms with van der Waals surface area (Å²) < 4.78 is 14.9. The fourth-order valence-electron chi connectivity index (χ4n) is 9.83. The molecule has 1 aromatic carbocycles. The van der Waals surface area contributed by atoms with E-state index in [2.05, 4.69) is 45.2 Å². The number of aliphatic hydroxyl groups excluding tert-OH is 1. The number of hydrogen-bond acceptors (Lipinski definition) is 5. The minimum Gasteiger partial charge on any atom is -0.480 e. The Labute approximate surface area is 270 Å². The summed E-state index contributed by atoms with van der Waals surface area (Å²) in [5, 5.41) is 18.8. The van der Waals surface area contributed by atoms with E-state index in [4.69, 9.17) is 20.6 Å². The normalized spacial score (nSPS) is 33.9. The van der Waals surface area contributed by atoms with Crippen molar-refractivity contribution in [1.29, 1.82) is 0 Å². The van der Waals surface area contributed by atoms with Gasteiger partial charge in [-0.3, -0.25) is 14.6 Å². The summed E-state index contributed by atoms with van der Waals surface area (Å²) >= 11 is 0. The molecule has 254 valence electrons. The number of nitrogens with two attached hydrogens (primary N) is 1. The number of phosphoric acid groups is 1. The number of benzene rings is 1. The van der Waals surface area contributed by atoms with Crippen LogP contribution in [0.3, 0.4) is 0 Å². The first-order valence-electron chi connectivity index (χ1n) is 17.2. The van der Waals surface area contributed by atoms with Crippen LogP contribution in [0.25, 0.3) is 0 Å². The van der Waals surface area contributed by atoms with Gasteiger partial charge in [-0.15, -0.1) is 0 Å². The van der Waals surface area contributed by atoms with Crippen LogP contribution in [-0.4, -0.2) is 38.1 Å². The molecular formula is C36H58NO7P. The molecule has 8 nitrogen and oxygen atoms in total. The predicted octanol–water partition coefficient (Wildman–Crippen LogP) is 7.50. The number of carboxylic acids is 1. The highest BCUT2D eigenvalue weighted by Crippen LogP contribution is 2.67. The second-order valence-corrected chi connectivity index (χ2v) is 16.7. The Hall–Kier alpha value is -1.70. The molecule has 4 aliphatic carbocycles. The first-order chi connectivity index (χ1) is 21.0. The number of aliphatic carboxylic acids is 1. The van der Waals surface area contributed by atoms with Crippen LogP contribution in [0.1, 0.15) is 111 Å². The smallest absolute Gasteiger partial charge is 0.480 e. The summed E-state index contributed by atoms with van der Waals surface area (Å²) in [4.78, 5) is 27.6. The molecule has 4 aliphatic rings. The summed E-state index contributed by atoms with van der Waals surface area (Å²) in [6.45, 7) is 12.6. The maximum absolute atomic E-state index is 10.5. The Morgan fingerprint density at radius 1 is 1.02 bits per heavy atom. The van der Waals surface area contributed by atoms with Gasteiger partial charge in [-0.2, -0.15) is 0 Å². The molecule has 9 heteroatoms. The molecule has 45 heavy (non-hydrogen) atoms. The van der Waals surface area contributed by atoms with Crippen molar-refractivity contribution in [3.63, 3.8) is 0 Å². The van der Waals surface area contributed by atoms with Crippen molar-refractivity contribution in [3.05, 3.63) is 41.5 Å². The van der Waals surface area contributed by atoms with Gasteiger partial charge in [0.05, 0.1) is 6.10 Å². The number of allylic oxidation sites excluding steroid dienone is 1. The largest absolute Gasteiger partial charge is 0.524 e. The van der Waals surface area contributed by atoms with E-state index in [1.807, 2.05) is 0 Å². The van der Waals surface area contributed by atoms with E-state index in [9.17, 15) is 14.5 Å². The average Bonchev–Trinajstić information content (AvgIpc) is 3.31. The monoisotopic (exact) mass is 647 g/mol. The standard InChI is InChI=1S/C27H46O.C9H12NO6P/c1-18(2)7-6-8-19(3)23-11-12-24-22-10-9-20-17-21(28)13-15-26(20,4)25(22)14-16-27(23,24)5;10-8(9(11)12)5-6-1-3-7(4-2-6)16-17(13,14)15/h9,18-19,21-25,28H,6-8,10-17H2,1-5H3;1-4,8H,5,10H2,(H,11,12)(H2,13,14,15)/t19?,21-,22-,23+,24-,25-,26-,27+;/m0./s1. The van der Waals surface area contributed by atoms with Crippen LogP contribution in [0.4, 0.5) is 0 Å². The van der Waals surface area contributed by atoms with Gasteiger partial charge in [0.15, 0.2) is 0 Å². The van der Waals surface area contributed by atoms with Crippen molar-refractivity contribution >= 4 is 13.8 Å². The first-order valence-corrected chi connectivity index (χ1v) is 18.8. The van der Waals surface area contributed by atoms with Crippen molar-refractivity contribution in [2.75, 3.05) is 0 Å². The summed E-state index contributed by atoms with van der Waals surface area (Å²) in [6, 6.07) is 4.65. The zero-order valence-electron chi connectivity index (χ0n) is 28.0. The molecule has 9 atom stereocenters. The van der Waals surface area contributed by atoms with E-state index in [1.165, 1.54) is 82.1 Å². The van der Waals surface area contributed by atoms with Crippen LogP contribution < -0.4 is 10.3 Å². The van der Waals surface area contributed by atoms with Gasteiger partial charge in [0.25, 0.3) is 0 Å². The van der Waals surface area contributed by atoms with Crippen molar-refractivity contribution in [2.24, 2.45) is 52.1 Å². The Morgan fingerprint density at radius 3 is 2.33 bits per heavy atom. The lowest BCUT2D eigenvalue weighted by atomic mass is 9.47. The molecule has 6 N–H and O–H groups in total. The molecule has 2 unspecified atom stereocenters. The van der Waals surface area contributed by atoms with Gasteiger partial charge >= 0.3 is 13.8 Å². The SMILES string of the molecule is CC(C)CCCC(C)[C@H]1CC[C@H]2[C@@H]3CC=C4C[C@@H](O)CC[C@]4(C)[C@H]3CC[C@]12C.NC(Cc1ccc(OP(=O)(O)O)cc1)C(=O)O. The topological polar surface area (TPSA) is 150 Å². The molecule has 3 fully saturated rings. The van der Waals surface area contributed by atoms with Crippen LogP contribution >= 0.6 is 7.82 Å². The second-order valence-electron chi connectivity index (χ2n) is 15.6. The Kier molecular flexibility index (Phi) is 11.7. The van der Waals surface area contributed by atoms with E-state index >= 15 is 0 Å². The van der Waals surface area contributed by atoms with Crippen LogP contribution in [0.5, 0.6) is 5.75 Å². The lowest BCUT2D eigenvalue weighted by molar-refractivity contribution is -0.138. The summed E-state index contributed by atoms with van der Waals surface area (Å²) in [6.07, 6.45) is 17.3. The van der Waals surface area contributed by atoms with Gasteiger partial charge in [-0.25, -0.2) is 4.57 Å². The van der Waals surface area contributed by atoms with Gasteiger partial charge < -0.3 is 20.5 Å². The lowest BCUT2D eigenvalue weighted by Gasteiger charge is -2.58. The number of rotatable bonds is 10. The Bertz CT molecular complexity index is 1230. The van der Waals surface area contributed by atoms with Gasteiger partial charge in [0.1, 0.15) is 11.8 Å². The highest BCUT2D eigenvalue weighted by atomic mass is 31.2. The maximum Gasteiger partial charge on any atom is 0.524 e. The van der Waals surface area contributed by atoms with Gasteiger partial charge in [-0.05, 0) is 122 Å². The van der Waals surface area contributed by atoms with Crippen molar-refractivity contribution < 1.29 is 33.9 Å². The molecule has 0 amide bonds. The van der Waals surface area contributed by atoms with Gasteiger partial charge in [0.2, 0.25) is 0 Å². The van der Waals surface area contributed by atoms with Crippen LogP contribution in [0.2, 0.25) is 0 Å². The van der Waals surface area contributed by atoms with Crippen LogP contribution in [-0.2, 0) is 15.8 Å². The van der Waals surface area contributed by atoms with E-state index in [1.54, 1.807) is 5.57 Å². The number of fused-ring (bicyclic) bond motifs is 5. The zero-order chi connectivity index (χ0) is 33.2. The molecule has 0 heterocycles. The van der Waals surface area contributed by atoms with E-state index < -0.39 is 19.8 Å². The molecule has 0 aliphatic heterocycles. The quantitative estimate of drug-likeness (QED) is 0.129. The maximum atomic E-state index is 10.5. The number of carbonyl (C=O) groups is 1. The molecule has 0 bridgehead atoms. The van der Waals surface area contributed by atoms with Gasteiger partial charge in [-0.1, -0.05) is 77.7 Å². The average molecular weight is 648 g/mol. The summed E-state index contributed by atoms with van der Waals surface area (Å²) in [5.74, 6) is 4.35. The number of phosphoric ester groups is 1. The van der Waals surface area contributed by atoms with E-state index in [-0.39, 0.29) is 18.3 Å². The summed E-state index contributed by atoms with van der Waals surface area (Å²) in [7, 11) is -4.56. The molecular weight excluding hydrogens is 589 g/mol. The third kappa shape index (κ3) is 8.61. The van der Waals surface area contributed by atoms with Crippen molar-refractivity contribution in [1.82, 2.24) is 0 Å². The fourth-order valence-corrected chi connectivity index (χ4v) is 10.2.